The Balaban J connectivity index is 1.41. The molecule has 7 nitrogen and oxygen atoms in total. The second-order valence-corrected chi connectivity index (χ2v) is 12.5. The van der Waals surface area contributed by atoms with Crippen LogP contribution in [0.25, 0.3) is 17.2 Å². The van der Waals surface area contributed by atoms with Gasteiger partial charge in [0.25, 0.3) is 5.91 Å². The van der Waals surface area contributed by atoms with Gasteiger partial charge in [-0.3, -0.25) is 9.59 Å². The summed E-state index contributed by atoms with van der Waals surface area (Å²) in [6.45, 7) is 8.40. The van der Waals surface area contributed by atoms with Crippen LogP contribution in [0.4, 0.5) is 0 Å². The van der Waals surface area contributed by atoms with Crippen molar-refractivity contribution in [3.8, 4) is 11.1 Å². The number of esters is 1. The fourth-order valence-corrected chi connectivity index (χ4v) is 5.79. The van der Waals surface area contributed by atoms with E-state index in [0.717, 1.165) is 72.3 Å². The fourth-order valence-electron chi connectivity index (χ4n) is 5.79. The summed E-state index contributed by atoms with van der Waals surface area (Å²) in [6.07, 6.45) is 11.2. The number of hydrogen-bond acceptors (Lipinski definition) is 5. The molecule has 228 valence electrons. The Kier molecular flexibility index (Phi) is 9.52. The first-order chi connectivity index (χ1) is 21.2. The topological polar surface area (TPSA) is 90.6 Å². The molecule has 0 bridgehead atoms. The molecule has 2 aromatic carbocycles. The standard InChI is InChI=1S/C37H41N3O4/c1-5-6-15-34-39-32-21-20-28(38-35(42)30-13-8-7-11-27(30)24-41)22-33(32)40(34)23-25-16-18-26(19-17-25)29-12-9-10-14-31(29)36(43)44-37(2,3)4/h9-10,12,14,16-21,24H,5-8,11,13,15,22-23H2,1-4H3. The number of nitrogens with zero attached hydrogens (tertiary/aromatic N) is 3. The summed E-state index contributed by atoms with van der Waals surface area (Å²) in [5.74, 6) is 0.384. The molecule has 44 heavy (non-hydrogen) atoms. The second-order valence-electron chi connectivity index (χ2n) is 12.5. The molecule has 0 unspecified atom stereocenters. The lowest BCUT2D eigenvalue weighted by molar-refractivity contribution is -0.115. The maximum absolute atomic E-state index is 13.1. The first-order valence-corrected chi connectivity index (χ1v) is 15.6. The Morgan fingerprint density at radius 3 is 2.50 bits per heavy atom. The molecule has 0 aliphatic heterocycles. The van der Waals surface area contributed by atoms with E-state index in [9.17, 15) is 14.4 Å². The van der Waals surface area contributed by atoms with Crippen LogP contribution in [0.2, 0.25) is 0 Å². The van der Waals surface area contributed by atoms with E-state index in [0.29, 0.717) is 48.2 Å². The van der Waals surface area contributed by atoms with Gasteiger partial charge >= 0.3 is 5.97 Å². The lowest BCUT2D eigenvalue weighted by Crippen LogP contribution is -2.24. The number of hydrogen-bond donors (Lipinski definition) is 0. The number of ether oxygens (including phenoxy) is 1. The maximum Gasteiger partial charge on any atom is 0.339 e. The molecule has 5 rings (SSSR count). The lowest BCUT2D eigenvalue weighted by atomic mass is 9.92. The minimum absolute atomic E-state index is 0.297. The van der Waals surface area contributed by atoms with Gasteiger partial charge in [0.1, 0.15) is 17.7 Å². The highest BCUT2D eigenvalue weighted by molar-refractivity contribution is 6.12. The Hall–Kier alpha value is -4.39. The Bertz CT molecular complexity index is 1650. The van der Waals surface area contributed by atoms with E-state index in [4.69, 9.17) is 9.72 Å². The van der Waals surface area contributed by atoms with Gasteiger partial charge in [0, 0.05) is 30.5 Å². The molecule has 1 aromatic heterocycles. The number of aryl methyl sites for hydroxylation is 1. The average Bonchev–Trinajstić information content (AvgIpc) is 3.35. The second kappa shape index (κ2) is 13.5. The molecule has 0 saturated heterocycles. The molecule has 1 amide bonds. The number of aldehydes is 1. The van der Waals surface area contributed by atoms with E-state index < -0.39 is 5.60 Å². The number of aromatic nitrogens is 2. The van der Waals surface area contributed by atoms with Gasteiger partial charge in [-0.25, -0.2) is 14.8 Å². The number of carbonyl (C=O) groups excluding carboxylic acids is 3. The zero-order chi connectivity index (χ0) is 31.3. The molecule has 0 atom stereocenters. The van der Waals surface area contributed by atoms with Crippen molar-refractivity contribution in [3.63, 3.8) is 0 Å². The van der Waals surface area contributed by atoms with Crippen LogP contribution in [-0.2, 0) is 33.7 Å². The molecule has 3 aromatic rings. The van der Waals surface area contributed by atoms with Crippen LogP contribution in [0.15, 0.2) is 70.7 Å². The average molecular weight is 592 g/mol. The van der Waals surface area contributed by atoms with Crippen LogP contribution in [0.1, 0.15) is 99.4 Å². The highest BCUT2D eigenvalue weighted by Gasteiger charge is 2.24. The number of allylic oxidation sites excluding steroid dienone is 2. The quantitative estimate of drug-likeness (QED) is 0.190. The number of imidazole rings is 1. The number of fused-ring (bicyclic) bond motifs is 1. The summed E-state index contributed by atoms with van der Waals surface area (Å²) in [5, 5.41) is 0. The maximum atomic E-state index is 13.1. The first kappa shape index (κ1) is 31.0. The van der Waals surface area contributed by atoms with Crippen LogP contribution in [0, 0.1) is 0 Å². The summed E-state index contributed by atoms with van der Waals surface area (Å²) in [6, 6.07) is 15.8. The molecule has 2 aliphatic carbocycles. The normalized spacial score (nSPS) is 15.8. The van der Waals surface area contributed by atoms with Crippen molar-refractivity contribution in [2.45, 2.75) is 91.2 Å². The number of amides is 1. The van der Waals surface area contributed by atoms with Gasteiger partial charge in [-0.15, -0.1) is 0 Å². The fraction of sp³-hybridized carbons (Fsp3) is 0.378. The smallest absolute Gasteiger partial charge is 0.339 e. The van der Waals surface area contributed by atoms with Gasteiger partial charge in [-0.2, -0.15) is 0 Å². The zero-order valence-corrected chi connectivity index (χ0v) is 26.2. The van der Waals surface area contributed by atoms with Crippen LogP contribution >= 0.6 is 0 Å². The van der Waals surface area contributed by atoms with Crippen LogP contribution in [0.3, 0.4) is 0 Å². The molecule has 1 heterocycles. The summed E-state index contributed by atoms with van der Waals surface area (Å²) in [7, 11) is 0. The Morgan fingerprint density at radius 2 is 1.77 bits per heavy atom. The molecule has 0 N–H and O–H groups in total. The minimum atomic E-state index is -0.577. The molecular formula is C37H41N3O4. The van der Waals surface area contributed by atoms with E-state index in [2.05, 4.69) is 28.6 Å². The van der Waals surface area contributed by atoms with Gasteiger partial charge in [-0.05, 0) is 87.8 Å². The third-order valence-electron chi connectivity index (χ3n) is 8.03. The minimum Gasteiger partial charge on any atom is -0.456 e. The third kappa shape index (κ3) is 7.21. The van der Waals surface area contributed by atoms with Gasteiger partial charge in [0.05, 0.1) is 22.7 Å². The zero-order valence-electron chi connectivity index (χ0n) is 26.2. The number of aliphatic imine (C=N–C) groups is 1. The van der Waals surface area contributed by atoms with E-state index in [1.54, 1.807) is 6.07 Å². The van der Waals surface area contributed by atoms with E-state index >= 15 is 0 Å². The number of unbranched alkanes of at least 4 members (excludes halogenated alkanes) is 1. The monoisotopic (exact) mass is 591 g/mol. The SMILES string of the molecule is CCCCc1nc2c(n1Cc1ccc(-c3ccccc3C(=O)OC(C)(C)C)cc1)CC(=NC(=O)C1=C(C=O)CCCC1)C=C2. The molecule has 0 spiro atoms. The summed E-state index contributed by atoms with van der Waals surface area (Å²) < 4.78 is 7.91. The summed E-state index contributed by atoms with van der Waals surface area (Å²) >= 11 is 0. The highest BCUT2D eigenvalue weighted by Crippen LogP contribution is 2.29. The van der Waals surface area contributed by atoms with Crippen LogP contribution < -0.4 is 0 Å². The molecule has 0 fully saturated rings. The van der Waals surface area contributed by atoms with Gasteiger partial charge in [0.2, 0.25) is 0 Å². The predicted molar refractivity (Wildman–Crippen MR) is 174 cm³/mol. The number of benzene rings is 2. The van der Waals surface area contributed by atoms with E-state index in [1.165, 1.54) is 0 Å². The molecule has 2 aliphatic rings. The van der Waals surface area contributed by atoms with Gasteiger partial charge < -0.3 is 9.30 Å². The van der Waals surface area contributed by atoms with E-state index in [1.807, 2.05) is 63.3 Å². The predicted octanol–water partition coefficient (Wildman–Crippen LogP) is 7.50. The summed E-state index contributed by atoms with van der Waals surface area (Å²) in [4.78, 5) is 46.9. The van der Waals surface area contributed by atoms with E-state index in [-0.39, 0.29) is 11.9 Å². The van der Waals surface area contributed by atoms with Crippen molar-refractivity contribution in [1.82, 2.24) is 9.55 Å². The van der Waals surface area contributed by atoms with Crippen molar-refractivity contribution in [3.05, 3.63) is 94.1 Å². The highest BCUT2D eigenvalue weighted by atomic mass is 16.6. The first-order valence-electron chi connectivity index (χ1n) is 15.6. The number of rotatable bonds is 9. The van der Waals surface area contributed by atoms with Crippen molar-refractivity contribution in [1.29, 1.82) is 0 Å². The number of carbonyl (C=O) groups is 3. The molecule has 0 saturated carbocycles. The Morgan fingerprint density at radius 1 is 1.02 bits per heavy atom. The lowest BCUT2D eigenvalue weighted by Gasteiger charge is -2.20. The van der Waals surface area contributed by atoms with Crippen molar-refractivity contribution in [2.24, 2.45) is 4.99 Å². The van der Waals surface area contributed by atoms with Crippen molar-refractivity contribution in [2.75, 3.05) is 0 Å². The van der Waals surface area contributed by atoms with Crippen LogP contribution in [-0.4, -0.2) is 39.0 Å². The third-order valence-corrected chi connectivity index (χ3v) is 8.03. The van der Waals surface area contributed by atoms with Crippen LogP contribution in [0.5, 0.6) is 0 Å². The van der Waals surface area contributed by atoms with Gasteiger partial charge in [-0.1, -0.05) is 55.8 Å². The molecule has 0 radical (unpaired) electrons. The molecule has 7 heteroatoms. The van der Waals surface area contributed by atoms with Crippen molar-refractivity contribution < 1.29 is 19.1 Å². The van der Waals surface area contributed by atoms with Gasteiger partial charge in [0.15, 0.2) is 0 Å². The summed E-state index contributed by atoms with van der Waals surface area (Å²) in [5.41, 5.74) is 6.63. The largest absolute Gasteiger partial charge is 0.456 e. The van der Waals surface area contributed by atoms with Crippen molar-refractivity contribution >= 4 is 30.0 Å². The Labute approximate surface area is 259 Å². The molecular weight excluding hydrogens is 550 g/mol.